The van der Waals surface area contributed by atoms with Crippen LogP contribution in [0.15, 0.2) is 52.0 Å². The van der Waals surface area contributed by atoms with Crippen molar-refractivity contribution in [3.05, 3.63) is 52.6 Å². The Labute approximate surface area is 160 Å². The summed E-state index contributed by atoms with van der Waals surface area (Å²) in [6.45, 7) is 3.31. The molecule has 0 saturated carbocycles. The second kappa shape index (κ2) is 8.47. The van der Waals surface area contributed by atoms with E-state index in [1.807, 2.05) is 18.2 Å². The number of carbonyl (C=O) groups excluding carboxylic acids is 1. The van der Waals surface area contributed by atoms with Crippen molar-refractivity contribution in [1.29, 1.82) is 0 Å². The van der Waals surface area contributed by atoms with E-state index in [2.05, 4.69) is 25.7 Å². The fraction of sp³-hybridized carbons (Fsp3) is 0.250. The van der Waals surface area contributed by atoms with E-state index in [0.29, 0.717) is 4.47 Å². The number of carbonyl (C=O) groups is 1. The number of anilines is 1. The van der Waals surface area contributed by atoms with Gasteiger partial charge in [-0.25, -0.2) is 23.2 Å². The summed E-state index contributed by atoms with van der Waals surface area (Å²) < 4.78 is 30.8. The van der Waals surface area contributed by atoms with Crippen LogP contribution in [-0.2, 0) is 21.4 Å². The lowest BCUT2D eigenvalue weighted by atomic mass is 10.2. The third-order valence-corrected chi connectivity index (χ3v) is 5.05. The number of nitrogen functional groups attached to an aromatic ring is 1. The van der Waals surface area contributed by atoms with Crippen molar-refractivity contribution in [2.24, 2.45) is 0 Å². The van der Waals surface area contributed by atoms with E-state index in [-0.39, 0.29) is 17.3 Å². The van der Waals surface area contributed by atoms with E-state index in [0.717, 1.165) is 10.6 Å². The first-order valence-electron chi connectivity index (χ1n) is 7.64. The van der Waals surface area contributed by atoms with Gasteiger partial charge in [-0.15, -0.1) is 4.83 Å². The van der Waals surface area contributed by atoms with E-state index in [9.17, 15) is 13.2 Å². The number of ether oxygens (including phenoxy) is 1. The lowest BCUT2D eigenvalue weighted by molar-refractivity contribution is 0.0769. The summed E-state index contributed by atoms with van der Waals surface area (Å²) in [6, 6.07) is 9.88. The zero-order valence-electron chi connectivity index (χ0n) is 14.2. The molecule has 8 nitrogen and oxygen atoms in total. The molecule has 3 N–H and O–H groups in total. The first-order valence-corrected chi connectivity index (χ1v) is 9.91. The minimum Gasteiger partial charge on any atom is -0.444 e. The van der Waals surface area contributed by atoms with Gasteiger partial charge in [0.2, 0.25) is 0 Å². The molecule has 1 heterocycles. The van der Waals surface area contributed by atoms with Crippen LogP contribution in [0.4, 0.5) is 10.6 Å². The zero-order valence-corrected chi connectivity index (χ0v) is 16.6. The van der Waals surface area contributed by atoms with Crippen LogP contribution in [0, 0.1) is 0 Å². The molecule has 140 valence electrons. The van der Waals surface area contributed by atoms with Gasteiger partial charge in [-0.3, -0.25) is 0 Å². The first kappa shape index (κ1) is 20.1. The number of rotatable bonds is 6. The largest absolute Gasteiger partial charge is 0.444 e. The summed E-state index contributed by atoms with van der Waals surface area (Å²) in [5.41, 5.74) is 6.44. The number of hydrogen-bond acceptors (Lipinski definition) is 6. The highest BCUT2D eigenvalue weighted by Gasteiger charge is 2.27. The van der Waals surface area contributed by atoms with Crippen LogP contribution in [0.25, 0.3) is 0 Å². The minimum absolute atomic E-state index is 0.0190. The van der Waals surface area contributed by atoms with Gasteiger partial charge in [0.1, 0.15) is 17.3 Å². The number of pyridine rings is 1. The maximum atomic E-state index is 12.6. The molecule has 26 heavy (non-hydrogen) atoms. The van der Waals surface area contributed by atoms with E-state index in [1.54, 1.807) is 26.0 Å². The molecule has 10 heteroatoms. The molecule has 0 radical (unpaired) electrons. The molecular weight excluding hydrogens is 424 g/mol. The number of sulfonamides is 1. The minimum atomic E-state index is -4.13. The van der Waals surface area contributed by atoms with Crippen molar-refractivity contribution in [2.45, 2.75) is 31.4 Å². The normalized spacial score (nSPS) is 11.4. The molecule has 1 aromatic heterocycles. The van der Waals surface area contributed by atoms with Crippen molar-refractivity contribution >= 4 is 37.9 Å². The maximum absolute atomic E-state index is 12.6. The van der Waals surface area contributed by atoms with Crippen molar-refractivity contribution < 1.29 is 17.9 Å². The summed E-state index contributed by atoms with van der Waals surface area (Å²) in [6.07, 6.45) is 0.553. The van der Waals surface area contributed by atoms with Crippen LogP contribution in [0.1, 0.15) is 19.4 Å². The monoisotopic (exact) mass is 442 g/mol. The third kappa shape index (κ3) is 5.16. The summed E-state index contributed by atoms with van der Waals surface area (Å²) in [7, 11) is -4.13. The first-order chi connectivity index (χ1) is 12.2. The molecular formula is C16H19BrN4O4S. The van der Waals surface area contributed by atoms with Crippen LogP contribution >= 0.6 is 15.9 Å². The lowest BCUT2D eigenvalue weighted by Crippen LogP contribution is -2.50. The molecule has 2 rings (SSSR count). The van der Waals surface area contributed by atoms with Crippen molar-refractivity contribution in [2.75, 3.05) is 5.73 Å². The van der Waals surface area contributed by atoms with E-state index in [1.165, 1.54) is 12.3 Å². The topological polar surface area (TPSA) is 115 Å². The number of halogens is 1. The molecule has 0 aliphatic heterocycles. The second-order valence-electron chi connectivity index (χ2n) is 5.64. The lowest BCUT2D eigenvalue weighted by Gasteiger charge is -2.26. The van der Waals surface area contributed by atoms with Crippen molar-refractivity contribution in [3.63, 3.8) is 0 Å². The number of nitrogens with two attached hydrogens (primary N) is 1. The Balaban J connectivity index is 2.16. The van der Waals surface area contributed by atoms with Crippen LogP contribution < -0.4 is 10.6 Å². The summed E-state index contributed by atoms with van der Waals surface area (Å²) in [4.78, 5) is 18.1. The summed E-state index contributed by atoms with van der Waals surface area (Å²) >= 11 is 3.15. The number of hydrazine groups is 1. The molecule has 0 unspecified atom stereocenters. The fourth-order valence-electron chi connectivity index (χ4n) is 1.97. The molecule has 0 bridgehead atoms. The molecule has 0 aliphatic rings. The predicted octanol–water partition coefficient (Wildman–Crippen LogP) is 2.67. The van der Waals surface area contributed by atoms with Crippen molar-refractivity contribution in [3.8, 4) is 0 Å². The van der Waals surface area contributed by atoms with Gasteiger partial charge in [0.15, 0.2) is 0 Å². The third-order valence-electron chi connectivity index (χ3n) is 3.27. The van der Waals surface area contributed by atoms with Crippen LogP contribution in [0.5, 0.6) is 0 Å². The Morgan fingerprint density at radius 3 is 2.62 bits per heavy atom. The number of aromatic nitrogens is 1. The van der Waals surface area contributed by atoms with Gasteiger partial charge in [0.05, 0.1) is 0 Å². The molecule has 1 aromatic carbocycles. The van der Waals surface area contributed by atoms with Crippen LogP contribution in [-0.4, -0.2) is 30.5 Å². The predicted molar refractivity (Wildman–Crippen MR) is 100 cm³/mol. The molecule has 1 amide bonds. The highest BCUT2D eigenvalue weighted by atomic mass is 79.9. The molecule has 0 spiro atoms. The van der Waals surface area contributed by atoms with E-state index in [4.69, 9.17) is 10.5 Å². The Hall–Kier alpha value is -2.17. The van der Waals surface area contributed by atoms with Gasteiger partial charge in [-0.2, -0.15) is 0 Å². The Morgan fingerprint density at radius 1 is 1.35 bits per heavy atom. The molecule has 2 aromatic rings. The van der Waals surface area contributed by atoms with Gasteiger partial charge in [0.25, 0.3) is 10.0 Å². The molecule has 0 saturated heterocycles. The average molecular weight is 443 g/mol. The Morgan fingerprint density at radius 2 is 2.00 bits per heavy atom. The summed E-state index contributed by atoms with van der Waals surface area (Å²) in [5, 5.41) is 0.888. The SMILES string of the molecule is CC(C)N(NS(=O)(=O)c1cc(Br)cnc1N)C(=O)OCc1ccccc1. The highest BCUT2D eigenvalue weighted by Crippen LogP contribution is 2.21. The van der Waals surface area contributed by atoms with Gasteiger partial charge < -0.3 is 10.5 Å². The Bertz CT molecular complexity index is 875. The van der Waals surface area contributed by atoms with E-state index < -0.39 is 22.2 Å². The maximum Gasteiger partial charge on any atom is 0.425 e. The van der Waals surface area contributed by atoms with E-state index >= 15 is 0 Å². The molecule has 0 aliphatic carbocycles. The Kier molecular flexibility index (Phi) is 6.57. The van der Waals surface area contributed by atoms with Gasteiger partial charge in [-0.1, -0.05) is 30.3 Å². The number of nitrogens with zero attached hydrogens (tertiary/aromatic N) is 2. The smallest absolute Gasteiger partial charge is 0.425 e. The van der Waals surface area contributed by atoms with Crippen molar-refractivity contribution in [1.82, 2.24) is 14.8 Å². The number of amides is 1. The number of hydrogen-bond donors (Lipinski definition) is 2. The average Bonchev–Trinajstić information content (AvgIpc) is 2.60. The number of benzene rings is 1. The van der Waals surface area contributed by atoms with Crippen LogP contribution in [0.2, 0.25) is 0 Å². The standard InChI is InChI=1S/C16H19BrN4O4S/c1-11(2)21(16(22)25-10-12-6-4-3-5-7-12)20-26(23,24)14-8-13(17)9-19-15(14)18/h3-9,11,20H,10H2,1-2H3,(H2,18,19). The van der Waals surface area contributed by atoms with Crippen LogP contribution in [0.3, 0.4) is 0 Å². The summed E-state index contributed by atoms with van der Waals surface area (Å²) in [5.74, 6) is -0.179. The molecule has 0 fully saturated rings. The highest BCUT2D eigenvalue weighted by molar-refractivity contribution is 9.10. The fourth-order valence-corrected chi connectivity index (χ4v) is 3.70. The molecule has 0 atom stereocenters. The number of nitrogens with one attached hydrogen (secondary N) is 1. The van der Waals surface area contributed by atoms with Gasteiger partial charge in [-0.05, 0) is 41.4 Å². The quantitative estimate of drug-likeness (QED) is 0.664. The van der Waals surface area contributed by atoms with Gasteiger partial charge in [0, 0.05) is 16.7 Å². The zero-order chi connectivity index (χ0) is 19.3. The second-order valence-corrected chi connectivity index (χ2v) is 8.18. The van der Waals surface area contributed by atoms with Gasteiger partial charge >= 0.3 is 6.09 Å².